The molecule has 156 valence electrons. The van der Waals surface area contributed by atoms with E-state index < -0.39 is 11.9 Å². The van der Waals surface area contributed by atoms with Crippen molar-refractivity contribution in [2.45, 2.75) is 31.4 Å². The van der Waals surface area contributed by atoms with Crippen molar-refractivity contribution in [2.24, 2.45) is 0 Å². The topological polar surface area (TPSA) is 101 Å². The van der Waals surface area contributed by atoms with Gasteiger partial charge in [-0.2, -0.15) is 0 Å². The molecule has 2 N–H and O–H groups in total. The Morgan fingerprint density at radius 1 is 1.27 bits per heavy atom. The molecule has 0 aliphatic carbocycles. The highest BCUT2D eigenvalue weighted by Gasteiger charge is 2.16. The van der Waals surface area contributed by atoms with Crippen LogP contribution < -0.4 is 10.1 Å². The second-order valence-corrected chi connectivity index (χ2v) is 8.79. The second-order valence-electron chi connectivity index (χ2n) is 6.56. The Morgan fingerprint density at radius 2 is 2.03 bits per heavy atom. The largest absolute Gasteiger partial charge is 0.490 e. The molecule has 0 aliphatic heterocycles. The number of aliphatic carboxylic acids is 1. The zero-order valence-corrected chi connectivity index (χ0v) is 18.1. The average Bonchev–Trinajstić information content (AvgIpc) is 3.11. The molecule has 1 amide bonds. The third-order valence-corrected chi connectivity index (χ3v) is 5.62. The van der Waals surface area contributed by atoms with Crippen LogP contribution in [0.4, 0.5) is 5.13 Å². The Morgan fingerprint density at radius 3 is 2.70 bits per heavy atom. The fourth-order valence-corrected chi connectivity index (χ4v) is 3.96. The highest BCUT2D eigenvalue weighted by Crippen LogP contribution is 2.25. The highest BCUT2D eigenvalue weighted by atomic mass is 32.2. The third kappa shape index (κ3) is 6.57. The number of carbonyl (C=O) groups excluding carboxylic acids is 1. The lowest BCUT2D eigenvalue weighted by Gasteiger charge is -2.16. The van der Waals surface area contributed by atoms with Crippen LogP contribution >= 0.6 is 23.1 Å². The number of thiazole rings is 1. The predicted octanol–water partition coefficient (Wildman–Crippen LogP) is 4.29. The number of carboxylic acid groups (broad SMARTS) is 1. The van der Waals surface area contributed by atoms with Crippen molar-refractivity contribution >= 4 is 40.1 Å². The molecule has 9 heteroatoms. The van der Waals surface area contributed by atoms with Gasteiger partial charge in [0.05, 0.1) is 11.9 Å². The van der Waals surface area contributed by atoms with Crippen LogP contribution in [0.3, 0.4) is 0 Å². The van der Waals surface area contributed by atoms with E-state index in [1.807, 2.05) is 44.2 Å². The molecule has 7 nitrogen and oxygen atoms in total. The molecule has 0 spiro atoms. The smallest absolute Gasteiger partial charge is 0.313 e. The minimum absolute atomic E-state index is 0.139. The van der Waals surface area contributed by atoms with Crippen LogP contribution in [0.5, 0.6) is 5.75 Å². The number of ether oxygens (including phenoxy) is 1. The summed E-state index contributed by atoms with van der Waals surface area (Å²) < 4.78 is 6.02. The van der Waals surface area contributed by atoms with E-state index in [4.69, 9.17) is 9.84 Å². The number of aromatic nitrogens is 2. The molecule has 0 radical (unpaired) electrons. The molecule has 0 saturated carbocycles. The van der Waals surface area contributed by atoms with Crippen molar-refractivity contribution in [3.05, 3.63) is 64.8 Å². The Hall–Kier alpha value is -2.91. The lowest BCUT2D eigenvalue weighted by Crippen LogP contribution is -2.17. The van der Waals surface area contributed by atoms with Crippen molar-refractivity contribution < 1.29 is 19.4 Å². The number of carbonyl (C=O) groups is 2. The molecule has 1 aromatic carbocycles. The normalized spacial score (nSPS) is 11.7. The Bertz CT molecular complexity index is 1020. The van der Waals surface area contributed by atoms with E-state index in [9.17, 15) is 9.59 Å². The molecule has 0 aliphatic rings. The molecule has 3 rings (SSSR count). The van der Waals surface area contributed by atoms with E-state index in [-0.39, 0.29) is 17.6 Å². The van der Waals surface area contributed by atoms with Crippen LogP contribution in [0.2, 0.25) is 0 Å². The third-order valence-electron chi connectivity index (χ3n) is 3.90. The monoisotopic (exact) mass is 443 g/mol. The summed E-state index contributed by atoms with van der Waals surface area (Å²) in [4.78, 5) is 33.0. The van der Waals surface area contributed by atoms with Gasteiger partial charge in [0.1, 0.15) is 16.5 Å². The van der Waals surface area contributed by atoms with E-state index in [0.29, 0.717) is 22.3 Å². The molecule has 0 fully saturated rings. The summed E-state index contributed by atoms with van der Waals surface area (Å²) >= 11 is 2.39. The second kappa shape index (κ2) is 10.2. The molecule has 30 heavy (non-hydrogen) atoms. The molecule has 2 heterocycles. The van der Waals surface area contributed by atoms with Crippen LogP contribution in [0.15, 0.2) is 53.7 Å². The van der Waals surface area contributed by atoms with Crippen LogP contribution in [0.1, 0.15) is 27.9 Å². The van der Waals surface area contributed by atoms with E-state index in [1.54, 1.807) is 18.3 Å². The molecular weight excluding hydrogens is 422 g/mol. The Kier molecular flexibility index (Phi) is 7.42. The summed E-state index contributed by atoms with van der Waals surface area (Å²) in [5, 5.41) is 12.6. The molecule has 2 aromatic heterocycles. The van der Waals surface area contributed by atoms with Crippen LogP contribution in [-0.2, 0) is 11.2 Å². The van der Waals surface area contributed by atoms with Gasteiger partial charge in [0, 0.05) is 29.6 Å². The van der Waals surface area contributed by atoms with Gasteiger partial charge >= 0.3 is 5.97 Å². The fraction of sp³-hybridized carbons (Fsp3) is 0.238. The number of pyridine rings is 1. The summed E-state index contributed by atoms with van der Waals surface area (Å²) in [5.74, 6) is -1.10. The van der Waals surface area contributed by atoms with Crippen molar-refractivity contribution in [3.8, 4) is 5.75 Å². The molecule has 3 aromatic rings. The number of nitrogens with one attached hydrogen (secondary N) is 1. The van der Waals surface area contributed by atoms with Crippen molar-refractivity contribution in [1.29, 1.82) is 0 Å². The van der Waals surface area contributed by atoms with Gasteiger partial charge in [-0.1, -0.05) is 42.1 Å². The first kappa shape index (κ1) is 21.8. The van der Waals surface area contributed by atoms with Crippen molar-refractivity contribution in [1.82, 2.24) is 9.97 Å². The van der Waals surface area contributed by atoms with E-state index in [2.05, 4.69) is 15.3 Å². The van der Waals surface area contributed by atoms with E-state index >= 15 is 0 Å². The Balaban J connectivity index is 1.78. The summed E-state index contributed by atoms with van der Waals surface area (Å²) in [7, 11) is 0. The minimum Gasteiger partial charge on any atom is -0.490 e. The number of amides is 1. The number of benzene rings is 1. The van der Waals surface area contributed by atoms with Gasteiger partial charge in [0.2, 0.25) is 0 Å². The van der Waals surface area contributed by atoms with Gasteiger partial charge in [-0.3, -0.25) is 14.9 Å². The first-order valence-corrected chi connectivity index (χ1v) is 11.0. The predicted molar refractivity (Wildman–Crippen MR) is 118 cm³/mol. The minimum atomic E-state index is -0.963. The molecule has 0 saturated heterocycles. The number of hydrogen-bond acceptors (Lipinski definition) is 7. The zero-order valence-electron chi connectivity index (χ0n) is 16.5. The number of hydrogen-bond donors (Lipinski definition) is 2. The number of nitrogens with zero attached hydrogens (tertiary/aromatic N) is 2. The molecule has 0 unspecified atom stereocenters. The van der Waals surface area contributed by atoms with Crippen LogP contribution in [0.25, 0.3) is 0 Å². The maximum absolute atomic E-state index is 12.7. The summed E-state index contributed by atoms with van der Waals surface area (Å²) in [6.45, 7) is 3.84. The lowest BCUT2D eigenvalue weighted by molar-refractivity contribution is -0.133. The van der Waals surface area contributed by atoms with Crippen molar-refractivity contribution in [3.63, 3.8) is 0 Å². The Labute approximate surface area is 182 Å². The first-order valence-electron chi connectivity index (χ1n) is 9.20. The quantitative estimate of drug-likeness (QED) is 0.476. The standard InChI is InChI=1S/C21H21N3O4S2/c1-13(8-15-6-4-3-5-7-15)28-16-9-17(23-18(10-16)29-12-19(25)26)20(27)24-21-22-11-14(2)30-21/h3-7,9-11,13H,8,12H2,1-2H3,(H,25,26)(H,22,24,27)/t13-/m0/s1. The number of thioether (sulfide) groups is 1. The van der Waals surface area contributed by atoms with Crippen LogP contribution in [-0.4, -0.2) is 38.8 Å². The lowest BCUT2D eigenvalue weighted by atomic mass is 10.1. The highest BCUT2D eigenvalue weighted by molar-refractivity contribution is 7.99. The van der Waals surface area contributed by atoms with E-state index in [1.165, 1.54) is 11.3 Å². The summed E-state index contributed by atoms with van der Waals surface area (Å²) in [6, 6.07) is 13.2. The van der Waals surface area contributed by atoms with Gasteiger partial charge in [-0.05, 0) is 19.4 Å². The number of carboxylic acids is 1. The average molecular weight is 444 g/mol. The number of anilines is 1. The van der Waals surface area contributed by atoms with Gasteiger partial charge in [-0.15, -0.1) is 11.3 Å². The maximum atomic E-state index is 12.7. The van der Waals surface area contributed by atoms with Crippen molar-refractivity contribution in [2.75, 3.05) is 11.1 Å². The fourth-order valence-electron chi connectivity index (χ4n) is 2.67. The van der Waals surface area contributed by atoms with Gasteiger partial charge in [0.25, 0.3) is 5.91 Å². The zero-order chi connectivity index (χ0) is 21.5. The summed E-state index contributed by atoms with van der Waals surface area (Å²) in [5.41, 5.74) is 1.27. The van der Waals surface area contributed by atoms with Crippen LogP contribution in [0, 0.1) is 6.92 Å². The maximum Gasteiger partial charge on any atom is 0.313 e. The molecule has 1 atom stereocenters. The van der Waals surface area contributed by atoms with Gasteiger partial charge in [-0.25, -0.2) is 9.97 Å². The first-order chi connectivity index (χ1) is 14.4. The summed E-state index contributed by atoms with van der Waals surface area (Å²) in [6.07, 6.45) is 2.22. The SMILES string of the molecule is Cc1cnc(NC(=O)c2cc(O[C@@H](C)Cc3ccccc3)cc(SCC(=O)O)n2)s1. The van der Waals surface area contributed by atoms with Gasteiger partial charge in [0.15, 0.2) is 5.13 Å². The van der Waals surface area contributed by atoms with Gasteiger partial charge < -0.3 is 9.84 Å². The number of aryl methyl sites for hydroxylation is 1. The number of rotatable bonds is 9. The van der Waals surface area contributed by atoms with E-state index in [0.717, 1.165) is 22.2 Å². The molecule has 0 bridgehead atoms. The molecular formula is C21H21N3O4S2.